The van der Waals surface area contributed by atoms with Crippen molar-refractivity contribution in [2.75, 3.05) is 33.9 Å². The van der Waals surface area contributed by atoms with Crippen LogP contribution in [0.25, 0.3) is 0 Å². The van der Waals surface area contributed by atoms with E-state index in [2.05, 4.69) is 30.5 Å². The summed E-state index contributed by atoms with van der Waals surface area (Å²) in [5, 5.41) is 0. The van der Waals surface area contributed by atoms with Crippen molar-refractivity contribution < 1.29 is 19.0 Å². The highest BCUT2D eigenvalue weighted by Gasteiger charge is 2.21. The highest BCUT2D eigenvalue weighted by molar-refractivity contribution is 5.76. The van der Waals surface area contributed by atoms with E-state index in [1.165, 1.54) is 5.56 Å². The minimum Gasteiger partial charge on any atom is -0.497 e. The number of likely N-dealkylation sites (tertiary alicyclic amines) is 1. The van der Waals surface area contributed by atoms with Gasteiger partial charge in [-0.05, 0) is 49.6 Å². The molecule has 1 fully saturated rings. The van der Waals surface area contributed by atoms with E-state index in [0.29, 0.717) is 35.8 Å². The predicted octanol–water partition coefficient (Wildman–Crippen LogP) is 5.28. The van der Waals surface area contributed by atoms with Crippen LogP contribution >= 0.6 is 0 Å². The van der Waals surface area contributed by atoms with E-state index < -0.39 is 0 Å². The average molecular weight is 457 g/mol. The maximum atomic E-state index is 10.4. The van der Waals surface area contributed by atoms with Crippen molar-refractivity contribution >= 4 is 6.29 Å². The van der Waals surface area contributed by atoms with E-state index in [4.69, 9.17) is 19.9 Å². The van der Waals surface area contributed by atoms with Gasteiger partial charge in [0, 0.05) is 36.8 Å². The number of ether oxygens (including phenoxy) is 3. The van der Waals surface area contributed by atoms with Gasteiger partial charge in [0.15, 0.2) is 0 Å². The van der Waals surface area contributed by atoms with E-state index in [9.17, 15) is 4.79 Å². The zero-order chi connectivity index (χ0) is 24.6. The third-order valence-corrected chi connectivity index (χ3v) is 5.36. The molecule has 6 nitrogen and oxygen atoms in total. The topological polar surface area (TPSA) is 74.0 Å². The number of piperidine rings is 1. The van der Waals surface area contributed by atoms with Gasteiger partial charge in [-0.1, -0.05) is 38.6 Å². The summed E-state index contributed by atoms with van der Waals surface area (Å²) >= 11 is 0. The molecular formula is C27H40N2O4. The predicted molar refractivity (Wildman–Crippen MR) is 136 cm³/mol. The molecule has 1 aliphatic rings. The quantitative estimate of drug-likeness (QED) is 0.430. The van der Waals surface area contributed by atoms with E-state index >= 15 is 0 Å². The Kier molecular flexibility index (Phi) is 13.6. The lowest BCUT2D eigenvalue weighted by Crippen LogP contribution is -2.40. The van der Waals surface area contributed by atoms with Crippen LogP contribution in [0, 0.1) is 0 Å². The largest absolute Gasteiger partial charge is 0.497 e. The molecule has 3 rings (SSSR count). The summed E-state index contributed by atoms with van der Waals surface area (Å²) in [5.74, 6) is 2.14. The first-order valence-corrected chi connectivity index (χ1v) is 11.5. The molecule has 0 spiro atoms. The molecule has 182 valence electrons. The molecule has 0 saturated carbocycles. The van der Waals surface area contributed by atoms with Crippen molar-refractivity contribution in [3.63, 3.8) is 0 Å². The molecule has 0 aliphatic carbocycles. The molecule has 33 heavy (non-hydrogen) atoms. The highest BCUT2D eigenvalue weighted by Crippen LogP contribution is 2.25. The van der Waals surface area contributed by atoms with E-state index in [1.807, 2.05) is 26.0 Å². The molecule has 6 heteroatoms. The Balaban J connectivity index is 0.000000335. The third-order valence-electron chi connectivity index (χ3n) is 5.36. The lowest BCUT2D eigenvalue weighted by atomic mass is 10.0. The fraction of sp³-hybridized carbons (Fsp3) is 0.444. The van der Waals surface area contributed by atoms with Crippen molar-refractivity contribution in [2.24, 2.45) is 5.73 Å². The van der Waals surface area contributed by atoms with Gasteiger partial charge in [-0.25, -0.2) is 0 Å². The number of hydrogen-bond donors (Lipinski definition) is 1. The summed E-state index contributed by atoms with van der Waals surface area (Å²) in [7, 11) is 3.09. The molecule has 0 radical (unpaired) electrons. The Hall–Kier alpha value is -2.83. The number of carbonyl (C=O) groups is 1. The Labute approximate surface area is 199 Å². The van der Waals surface area contributed by atoms with Crippen LogP contribution in [0.1, 0.15) is 55.6 Å². The molecule has 0 amide bonds. The van der Waals surface area contributed by atoms with Crippen LogP contribution in [0.5, 0.6) is 17.2 Å². The molecule has 1 aliphatic heterocycles. The zero-order valence-corrected chi connectivity index (χ0v) is 20.8. The van der Waals surface area contributed by atoms with Crippen LogP contribution in [0.3, 0.4) is 0 Å². The molecule has 2 aromatic rings. The monoisotopic (exact) mass is 456 g/mol. The summed E-state index contributed by atoms with van der Waals surface area (Å²) in [4.78, 5) is 12.9. The Morgan fingerprint density at radius 2 is 1.58 bits per heavy atom. The normalized spacial score (nSPS) is 14.5. The Morgan fingerprint density at radius 3 is 2.03 bits per heavy atom. The molecule has 1 saturated heterocycles. The molecular weight excluding hydrogens is 416 g/mol. The van der Waals surface area contributed by atoms with Gasteiger partial charge in [0.25, 0.3) is 0 Å². The fourth-order valence-corrected chi connectivity index (χ4v) is 3.41. The molecule has 1 unspecified atom stereocenters. The van der Waals surface area contributed by atoms with E-state index in [0.717, 1.165) is 38.0 Å². The second-order valence-electron chi connectivity index (χ2n) is 7.48. The van der Waals surface area contributed by atoms with Crippen molar-refractivity contribution in [1.29, 1.82) is 0 Å². The second-order valence-corrected chi connectivity index (χ2v) is 7.48. The molecule has 2 N–H and O–H groups in total. The number of hydrogen-bond acceptors (Lipinski definition) is 6. The Morgan fingerprint density at radius 1 is 1.03 bits per heavy atom. The van der Waals surface area contributed by atoms with Gasteiger partial charge in [-0.3, -0.25) is 9.69 Å². The molecule has 1 atom stereocenters. The van der Waals surface area contributed by atoms with Crippen LogP contribution in [-0.2, 0) is 0 Å². The van der Waals surface area contributed by atoms with Gasteiger partial charge in [0.05, 0.1) is 14.2 Å². The number of nitrogens with zero attached hydrogens (tertiary/aromatic N) is 1. The van der Waals surface area contributed by atoms with Crippen LogP contribution in [0.4, 0.5) is 0 Å². The van der Waals surface area contributed by atoms with Gasteiger partial charge in [-0.15, -0.1) is 0 Å². The number of methoxy groups -OCH3 is 2. The summed E-state index contributed by atoms with van der Waals surface area (Å²) in [5.41, 5.74) is 7.83. The summed E-state index contributed by atoms with van der Waals surface area (Å²) in [6.07, 6.45) is 4.72. The third kappa shape index (κ3) is 9.68. The van der Waals surface area contributed by atoms with Gasteiger partial charge in [0.2, 0.25) is 0 Å². The SMILES string of the molecule is C=CCOc1ccc(C(C)N2CCC(N)CC2)cc1.CC.COc1cc(C=O)cc(OC)c1. The molecule has 0 aromatic heterocycles. The van der Waals surface area contributed by atoms with Crippen LogP contribution in [-0.4, -0.2) is 51.1 Å². The minimum atomic E-state index is 0.387. The van der Waals surface area contributed by atoms with Gasteiger partial charge < -0.3 is 19.9 Å². The summed E-state index contributed by atoms with van der Waals surface area (Å²) in [6, 6.07) is 14.2. The lowest BCUT2D eigenvalue weighted by molar-refractivity contribution is 0.112. The standard InChI is InChI=1S/C16H24N2O.C9H10O3.C2H6/c1-3-12-19-16-6-4-14(5-7-16)13(2)18-10-8-15(17)9-11-18;1-11-8-3-7(6-10)4-9(5-8)12-2;1-2/h3-7,13,15H,1,8-12,17H2,2H3;3-6H,1-2H3;1-2H3. The fourth-order valence-electron chi connectivity index (χ4n) is 3.41. The summed E-state index contributed by atoms with van der Waals surface area (Å²) < 4.78 is 15.4. The van der Waals surface area contributed by atoms with Gasteiger partial charge in [0.1, 0.15) is 30.1 Å². The first kappa shape index (κ1) is 28.2. The van der Waals surface area contributed by atoms with Crippen LogP contribution in [0.2, 0.25) is 0 Å². The maximum Gasteiger partial charge on any atom is 0.150 e. The number of rotatable bonds is 8. The molecule has 0 bridgehead atoms. The average Bonchev–Trinajstić information content (AvgIpc) is 2.89. The van der Waals surface area contributed by atoms with Crippen LogP contribution < -0.4 is 19.9 Å². The maximum absolute atomic E-state index is 10.4. The molecule has 1 heterocycles. The summed E-state index contributed by atoms with van der Waals surface area (Å²) in [6.45, 7) is 12.7. The van der Waals surface area contributed by atoms with Gasteiger partial charge >= 0.3 is 0 Å². The number of aldehydes is 1. The number of carbonyl (C=O) groups excluding carboxylic acids is 1. The first-order valence-electron chi connectivity index (χ1n) is 11.5. The second kappa shape index (κ2) is 15.9. The molecule has 2 aromatic carbocycles. The minimum absolute atomic E-state index is 0.387. The Bertz CT molecular complexity index is 793. The zero-order valence-electron chi connectivity index (χ0n) is 20.8. The van der Waals surface area contributed by atoms with Crippen LogP contribution in [0.15, 0.2) is 55.1 Å². The number of benzene rings is 2. The number of nitrogens with two attached hydrogens (primary N) is 1. The van der Waals surface area contributed by atoms with Crippen molar-refractivity contribution in [3.05, 3.63) is 66.2 Å². The smallest absolute Gasteiger partial charge is 0.150 e. The van der Waals surface area contributed by atoms with Crippen molar-refractivity contribution in [1.82, 2.24) is 4.90 Å². The van der Waals surface area contributed by atoms with E-state index in [-0.39, 0.29) is 0 Å². The van der Waals surface area contributed by atoms with Crippen molar-refractivity contribution in [3.8, 4) is 17.2 Å². The first-order chi connectivity index (χ1) is 16.0. The van der Waals surface area contributed by atoms with Crippen molar-refractivity contribution in [2.45, 2.75) is 45.7 Å². The highest BCUT2D eigenvalue weighted by atomic mass is 16.5. The van der Waals surface area contributed by atoms with Gasteiger partial charge in [-0.2, -0.15) is 0 Å². The lowest BCUT2D eigenvalue weighted by Gasteiger charge is -2.35. The van der Waals surface area contributed by atoms with E-state index in [1.54, 1.807) is 38.5 Å².